The van der Waals surface area contributed by atoms with Gasteiger partial charge in [0, 0.05) is 49.5 Å². The molecule has 0 aliphatic carbocycles. The van der Waals surface area contributed by atoms with E-state index in [9.17, 15) is 9.59 Å². The molecular formula is C14H15N3O2S. The van der Waals surface area contributed by atoms with Gasteiger partial charge >= 0.3 is 0 Å². The molecule has 1 saturated heterocycles. The molecule has 1 aromatic heterocycles. The van der Waals surface area contributed by atoms with Gasteiger partial charge in [0.2, 0.25) is 5.91 Å². The second-order valence-electron chi connectivity index (χ2n) is 4.99. The quantitative estimate of drug-likeness (QED) is 0.848. The highest BCUT2D eigenvalue weighted by molar-refractivity contribution is 8.14. The van der Waals surface area contributed by atoms with Gasteiger partial charge in [0.25, 0.3) is 0 Å². The Hall–Kier alpha value is -1.82. The molecule has 0 N–H and O–H groups in total. The minimum Gasteiger partial charge on any atom is -0.311 e. The number of carbonyl (C=O) groups excluding carboxylic acids is 2. The van der Waals surface area contributed by atoms with Crippen molar-refractivity contribution in [3.63, 3.8) is 0 Å². The summed E-state index contributed by atoms with van der Waals surface area (Å²) in [7, 11) is 1.88. The van der Waals surface area contributed by atoms with Crippen molar-refractivity contribution in [3.8, 4) is 0 Å². The number of amides is 1. The van der Waals surface area contributed by atoms with Gasteiger partial charge in [-0.3, -0.25) is 14.3 Å². The standard InChI is InChI=1S/C14H15N3O2S/c1-9(18)20-12-6-14(19)17(8-12)11-3-4-13-10(5-11)7-16(2)15-13/h3-5,7,12H,6,8H2,1-2H3. The lowest BCUT2D eigenvalue weighted by Gasteiger charge is -2.16. The molecule has 1 unspecified atom stereocenters. The maximum atomic E-state index is 12.1. The molecule has 1 aliphatic rings. The number of carbonyl (C=O) groups is 2. The van der Waals surface area contributed by atoms with E-state index in [1.165, 1.54) is 11.8 Å². The minimum atomic E-state index is 0.0598. The molecule has 20 heavy (non-hydrogen) atoms. The summed E-state index contributed by atoms with van der Waals surface area (Å²) >= 11 is 1.25. The van der Waals surface area contributed by atoms with Gasteiger partial charge in [-0.25, -0.2) is 0 Å². The summed E-state index contributed by atoms with van der Waals surface area (Å²) in [5.41, 5.74) is 1.79. The van der Waals surface area contributed by atoms with Crippen LogP contribution in [0.3, 0.4) is 0 Å². The summed E-state index contributed by atoms with van der Waals surface area (Å²) in [6.07, 6.45) is 2.36. The predicted molar refractivity (Wildman–Crippen MR) is 79.7 cm³/mol. The van der Waals surface area contributed by atoms with Crippen LogP contribution in [-0.2, 0) is 16.6 Å². The first-order valence-corrected chi connectivity index (χ1v) is 7.32. The number of aryl methyl sites for hydroxylation is 1. The number of aromatic nitrogens is 2. The van der Waals surface area contributed by atoms with Crippen molar-refractivity contribution in [2.75, 3.05) is 11.4 Å². The van der Waals surface area contributed by atoms with E-state index in [2.05, 4.69) is 5.10 Å². The number of nitrogens with zero attached hydrogens (tertiary/aromatic N) is 3. The lowest BCUT2D eigenvalue weighted by atomic mass is 10.2. The highest BCUT2D eigenvalue weighted by Gasteiger charge is 2.31. The number of thioether (sulfide) groups is 1. The Labute approximate surface area is 120 Å². The predicted octanol–water partition coefficient (Wildman–Crippen LogP) is 1.96. The van der Waals surface area contributed by atoms with Gasteiger partial charge in [-0.05, 0) is 18.2 Å². The van der Waals surface area contributed by atoms with Crippen molar-refractivity contribution >= 4 is 39.4 Å². The molecule has 2 aromatic rings. The largest absolute Gasteiger partial charge is 0.311 e. The van der Waals surface area contributed by atoms with Crippen LogP contribution in [0, 0.1) is 0 Å². The Morgan fingerprint density at radius 3 is 3.00 bits per heavy atom. The number of rotatable bonds is 2. The van der Waals surface area contributed by atoms with E-state index in [1.54, 1.807) is 16.5 Å². The van der Waals surface area contributed by atoms with E-state index in [0.717, 1.165) is 16.6 Å². The second kappa shape index (κ2) is 4.94. The van der Waals surface area contributed by atoms with Crippen LogP contribution in [0.2, 0.25) is 0 Å². The SMILES string of the molecule is CC(=O)SC1CC(=O)N(c2ccc3nn(C)cc3c2)C1. The molecule has 1 aliphatic heterocycles. The average Bonchev–Trinajstić information content (AvgIpc) is 2.89. The maximum Gasteiger partial charge on any atom is 0.228 e. The topological polar surface area (TPSA) is 55.2 Å². The van der Waals surface area contributed by atoms with Gasteiger partial charge in [0.15, 0.2) is 5.12 Å². The van der Waals surface area contributed by atoms with Crippen LogP contribution in [0.5, 0.6) is 0 Å². The van der Waals surface area contributed by atoms with E-state index >= 15 is 0 Å². The van der Waals surface area contributed by atoms with Crippen molar-refractivity contribution in [1.82, 2.24) is 9.78 Å². The molecule has 1 atom stereocenters. The van der Waals surface area contributed by atoms with Crippen molar-refractivity contribution in [2.45, 2.75) is 18.6 Å². The molecule has 1 fully saturated rings. The third-order valence-corrected chi connectivity index (χ3v) is 4.32. The summed E-state index contributed by atoms with van der Waals surface area (Å²) in [5, 5.41) is 5.46. The van der Waals surface area contributed by atoms with Crippen LogP contribution >= 0.6 is 11.8 Å². The Balaban J connectivity index is 1.87. The molecule has 5 nitrogen and oxygen atoms in total. The molecule has 3 rings (SSSR count). The molecule has 0 bridgehead atoms. The van der Waals surface area contributed by atoms with Crippen LogP contribution in [0.4, 0.5) is 5.69 Å². The number of benzene rings is 1. The van der Waals surface area contributed by atoms with Crippen LogP contribution in [0.1, 0.15) is 13.3 Å². The van der Waals surface area contributed by atoms with Crippen molar-refractivity contribution in [2.24, 2.45) is 7.05 Å². The fraction of sp³-hybridized carbons (Fsp3) is 0.357. The van der Waals surface area contributed by atoms with Crippen molar-refractivity contribution in [3.05, 3.63) is 24.4 Å². The average molecular weight is 289 g/mol. The Kier molecular flexibility index (Phi) is 3.25. The van der Waals surface area contributed by atoms with Crippen LogP contribution in [0.25, 0.3) is 10.9 Å². The maximum absolute atomic E-state index is 12.1. The monoisotopic (exact) mass is 289 g/mol. The zero-order valence-corrected chi connectivity index (χ0v) is 12.2. The highest BCUT2D eigenvalue weighted by Crippen LogP contribution is 2.30. The van der Waals surface area contributed by atoms with Gasteiger partial charge in [-0.2, -0.15) is 5.10 Å². The van der Waals surface area contributed by atoms with E-state index in [4.69, 9.17) is 0 Å². The van der Waals surface area contributed by atoms with Gasteiger partial charge < -0.3 is 4.90 Å². The molecule has 1 amide bonds. The van der Waals surface area contributed by atoms with Gasteiger partial charge in [-0.15, -0.1) is 0 Å². The zero-order chi connectivity index (χ0) is 14.3. The van der Waals surface area contributed by atoms with E-state index in [0.29, 0.717) is 13.0 Å². The van der Waals surface area contributed by atoms with E-state index < -0.39 is 0 Å². The first-order valence-electron chi connectivity index (χ1n) is 6.44. The Morgan fingerprint density at radius 2 is 2.25 bits per heavy atom. The molecule has 0 radical (unpaired) electrons. The van der Waals surface area contributed by atoms with Gasteiger partial charge in [-0.1, -0.05) is 11.8 Å². The molecule has 2 heterocycles. The Morgan fingerprint density at radius 1 is 1.45 bits per heavy atom. The minimum absolute atomic E-state index is 0.0598. The van der Waals surface area contributed by atoms with Crippen LogP contribution < -0.4 is 4.90 Å². The van der Waals surface area contributed by atoms with Crippen molar-refractivity contribution in [1.29, 1.82) is 0 Å². The summed E-state index contributed by atoms with van der Waals surface area (Å²) in [6, 6.07) is 5.80. The third-order valence-electron chi connectivity index (χ3n) is 3.34. The van der Waals surface area contributed by atoms with Crippen molar-refractivity contribution < 1.29 is 9.59 Å². The lowest BCUT2D eigenvalue weighted by Crippen LogP contribution is -2.24. The van der Waals surface area contributed by atoms with E-state index in [-0.39, 0.29) is 16.3 Å². The number of anilines is 1. The lowest BCUT2D eigenvalue weighted by molar-refractivity contribution is -0.117. The first-order chi connectivity index (χ1) is 9.52. The molecule has 0 spiro atoms. The first kappa shape index (κ1) is 13.2. The molecule has 6 heteroatoms. The smallest absolute Gasteiger partial charge is 0.228 e. The third kappa shape index (κ3) is 2.43. The highest BCUT2D eigenvalue weighted by atomic mass is 32.2. The molecule has 1 aromatic carbocycles. The normalized spacial score (nSPS) is 19.0. The summed E-state index contributed by atoms with van der Waals surface area (Å²) in [5.74, 6) is 0.0759. The number of hydrogen-bond acceptors (Lipinski definition) is 4. The zero-order valence-electron chi connectivity index (χ0n) is 11.4. The Bertz CT molecular complexity index is 695. The fourth-order valence-electron chi connectivity index (χ4n) is 2.54. The van der Waals surface area contributed by atoms with Gasteiger partial charge in [0.1, 0.15) is 0 Å². The molecule has 104 valence electrons. The fourth-order valence-corrected chi connectivity index (χ4v) is 3.46. The number of hydrogen-bond donors (Lipinski definition) is 0. The summed E-state index contributed by atoms with van der Waals surface area (Å²) in [6.45, 7) is 2.13. The molecular weight excluding hydrogens is 274 g/mol. The molecule has 0 saturated carbocycles. The van der Waals surface area contributed by atoms with E-state index in [1.807, 2.05) is 31.4 Å². The van der Waals surface area contributed by atoms with Gasteiger partial charge in [0.05, 0.1) is 5.52 Å². The van der Waals surface area contributed by atoms with Crippen LogP contribution in [-0.4, -0.2) is 32.6 Å². The number of fused-ring (bicyclic) bond motifs is 1. The van der Waals surface area contributed by atoms with Crippen LogP contribution in [0.15, 0.2) is 24.4 Å². The second-order valence-corrected chi connectivity index (χ2v) is 6.46. The summed E-state index contributed by atoms with van der Waals surface area (Å²) in [4.78, 5) is 25.0. The summed E-state index contributed by atoms with van der Waals surface area (Å²) < 4.78 is 1.76.